The van der Waals surface area contributed by atoms with E-state index in [9.17, 15) is 0 Å². The van der Waals surface area contributed by atoms with Gasteiger partial charge in [-0.25, -0.2) is 0 Å². The molecule has 0 unspecified atom stereocenters. The van der Waals surface area contributed by atoms with Crippen LogP contribution in [0.25, 0.3) is 0 Å². The molecule has 1 aliphatic carbocycles. The van der Waals surface area contributed by atoms with Crippen LogP contribution in [0, 0.1) is 0 Å². The van der Waals surface area contributed by atoms with Crippen LogP contribution in [0.1, 0.15) is 77.0 Å². The van der Waals surface area contributed by atoms with Crippen molar-refractivity contribution in [1.29, 1.82) is 0 Å². The van der Waals surface area contributed by atoms with Gasteiger partial charge in [-0.05, 0) is 0 Å². The molecule has 0 atom stereocenters. The summed E-state index contributed by atoms with van der Waals surface area (Å²) >= 11 is 0. The van der Waals surface area contributed by atoms with E-state index in [1.807, 2.05) is 0 Å². The standard InChI is InChI=1S/C12H24.6BrH/c1-2-4-6-8-10-12-11-9-7-5-3-1;;;;;;/h1-12H2;6*1H. The van der Waals surface area contributed by atoms with Gasteiger partial charge >= 0.3 is 0 Å². The minimum absolute atomic E-state index is 0. The maximum absolute atomic E-state index is 1.50. The molecule has 0 aromatic rings. The van der Waals surface area contributed by atoms with Crippen molar-refractivity contribution in [3.05, 3.63) is 0 Å². The Morgan fingerprint density at radius 2 is 0.222 bits per heavy atom. The first-order valence-corrected chi connectivity index (χ1v) is 6.00. The summed E-state index contributed by atoms with van der Waals surface area (Å²) in [5.41, 5.74) is 0. The fourth-order valence-corrected chi connectivity index (χ4v) is 2.12. The van der Waals surface area contributed by atoms with E-state index in [1.54, 1.807) is 0 Å². The van der Waals surface area contributed by atoms with Gasteiger partial charge in [-0.2, -0.15) is 0 Å². The first-order chi connectivity index (χ1) is 6.00. The van der Waals surface area contributed by atoms with Crippen LogP contribution in [0.2, 0.25) is 0 Å². The second-order valence-electron chi connectivity index (χ2n) is 4.24. The second-order valence-corrected chi connectivity index (χ2v) is 4.24. The van der Waals surface area contributed by atoms with Crippen molar-refractivity contribution in [2.24, 2.45) is 0 Å². The molecule has 0 aromatic carbocycles. The van der Waals surface area contributed by atoms with Crippen molar-refractivity contribution < 1.29 is 0 Å². The predicted molar refractivity (Wildman–Crippen MR) is 117 cm³/mol. The summed E-state index contributed by atoms with van der Waals surface area (Å²) in [5, 5.41) is 0. The molecule has 1 aliphatic rings. The van der Waals surface area contributed by atoms with E-state index in [2.05, 4.69) is 0 Å². The van der Waals surface area contributed by atoms with Gasteiger partial charge in [-0.1, -0.05) is 77.0 Å². The van der Waals surface area contributed by atoms with Crippen LogP contribution < -0.4 is 0 Å². The molecule has 6 heteroatoms. The zero-order valence-corrected chi connectivity index (χ0v) is 21.2. The maximum atomic E-state index is 1.50. The molecule has 0 saturated heterocycles. The quantitative estimate of drug-likeness (QED) is 0.248. The Bertz CT molecular complexity index is 59.5. The van der Waals surface area contributed by atoms with Crippen molar-refractivity contribution in [1.82, 2.24) is 0 Å². The van der Waals surface area contributed by atoms with Gasteiger partial charge in [0.25, 0.3) is 0 Å². The van der Waals surface area contributed by atoms with Crippen LogP contribution in [0.4, 0.5) is 0 Å². The highest BCUT2D eigenvalue weighted by Crippen LogP contribution is 2.15. The van der Waals surface area contributed by atoms with Gasteiger partial charge in [0.1, 0.15) is 0 Å². The van der Waals surface area contributed by atoms with Gasteiger partial charge in [-0.15, -0.1) is 102 Å². The third-order valence-corrected chi connectivity index (χ3v) is 3.00. The summed E-state index contributed by atoms with van der Waals surface area (Å²) < 4.78 is 0. The van der Waals surface area contributed by atoms with Gasteiger partial charge in [0.15, 0.2) is 0 Å². The molecule has 0 spiro atoms. The molecule has 18 heavy (non-hydrogen) atoms. The highest BCUT2D eigenvalue weighted by molar-refractivity contribution is 8.93. The fourth-order valence-electron chi connectivity index (χ4n) is 2.12. The number of rotatable bonds is 0. The summed E-state index contributed by atoms with van der Waals surface area (Å²) in [5.74, 6) is 0. The molecule has 120 valence electrons. The summed E-state index contributed by atoms with van der Waals surface area (Å²) in [6.07, 6.45) is 18.0. The lowest BCUT2D eigenvalue weighted by Gasteiger charge is -2.05. The topological polar surface area (TPSA) is 0 Å². The molecule has 1 rings (SSSR count). The lowest BCUT2D eigenvalue weighted by Crippen LogP contribution is -1.85. The zero-order chi connectivity index (χ0) is 8.49. The predicted octanol–water partition coefficient (Wildman–Crippen LogP) is 8.15. The molecule has 1 saturated carbocycles. The van der Waals surface area contributed by atoms with Crippen molar-refractivity contribution >= 4 is 102 Å². The fraction of sp³-hybridized carbons (Fsp3) is 1.00. The Labute approximate surface area is 177 Å². The number of hydrogen-bond acceptors (Lipinski definition) is 0. The summed E-state index contributed by atoms with van der Waals surface area (Å²) in [6.45, 7) is 0. The molecule has 0 N–H and O–H groups in total. The molecular weight excluding hydrogens is 624 g/mol. The van der Waals surface area contributed by atoms with Crippen LogP contribution >= 0.6 is 102 Å². The maximum Gasteiger partial charge on any atom is -0.0533 e. The van der Waals surface area contributed by atoms with Crippen molar-refractivity contribution in [2.45, 2.75) is 77.0 Å². The normalized spacial score (nSPS) is 16.0. The largest absolute Gasteiger partial charge is 0.114 e. The van der Waals surface area contributed by atoms with E-state index in [0.717, 1.165) is 0 Å². The minimum atomic E-state index is 0. The Balaban J connectivity index is -0.0000000600. The van der Waals surface area contributed by atoms with Gasteiger partial charge in [0, 0.05) is 0 Å². The zero-order valence-electron chi connectivity index (χ0n) is 10.9. The van der Waals surface area contributed by atoms with E-state index < -0.39 is 0 Å². The molecule has 0 nitrogen and oxygen atoms in total. The van der Waals surface area contributed by atoms with E-state index in [4.69, 9.17) is 0 Å². The van der Waals surface area contributed by atoms with Crippen LogP contribution in [-0.2, 0) is 0 Å². The third-order valence-electron chi connectivity index (χ3n) is 3.00. The molecule has 0 bridgehead atoms. The Morgan fingerprint density at radius 3 is 0.278 bits per heavy atom. The van der Waals surface area contributed by atoms with Crippen molar-refractivity contribution in [3.63, 3.8) is 0 Å². The van der Waals surface area contributed by atoms with Crippen molar-refractivity contribution in [3.8, 4) is 0 Å². The van der Waals surface area contributed by atoms with Crippen LogP contribution in [-0.4, -0.2) is 0 Å². The Kier molecular flexibility index (Phi) is 66.3. The molecule has 0 radical (unpaired) electrons. The van der Waals surface area contributed by atoms with E-state index in [1.165, 1.54) is 77.0 Å². The first kappa shape index (κ1) is 37.3. The summed E-state index contributed by atoms with van der Waals surface area (Å²) in [7, 11) is 0. The van der Waals surface area contributed by atoms with Gasteiger partial charge in [0.2, 0.25) is 0 Å². The average molecular weight is 654 g/mol. The van der Waals surface area contributed by atoms with Gasteiger partial charge < -0.3 is 0 Å². The lowest BCUT2D eigenvalue weighted by molar-refractivity contribution is 0.504. The third kappa shape index (κ3) is 27.3. The number of halogens is 6. The molecule has 0 heterocycles. The lowest BCUT2D eigenvalue weighted by atomic mass is 10.0. The SMILES string of the molecule is Br.Br.Br.Br.Br.Br.C1CCCCCCCCCCC1. The average Bonchev–Trinajstić information content (AvgIpc) is 2.05. The number of hydrogen-bond donors (Lipinski definition) is 0. The molecule has 0 aliphatic heterocycles. The minimum Gasteiger partial charge on any atom is -0.114 e. The molecule has 1 fully saturated rings. The highest BCUT2D eigenvalue weighted by atomic mass is 79.9. The van der Waals surface area contributed by atoms with Crippen molar-refractivity contribution in [2.75, 3.05) is 0 Å². The second kappa shape index (κ2) is 32.0. The molecule has 0 aromatic heterocycles. The van der Waals surface area contributed by atoms with Gasteiger partial charge in [0.05, 0.1) is 0 Å². The van der Waals surface area contributed by atoms with E-state index in [0.29, 0.717) is 0 Å². The Morgan fingerprint density at radius 1 is 0.167 bits per heavy atom. The monoisotopic (exact) mass is 648 g/mol. The highest BCUT2D eigenvalue weighted by Gasteiger charge is 1.96. The smallest absolute Gasteiger partial charge is 0.0533 e. The van der Waals surface area contributed by atoms with E-state index >= 15 is 0 Å². The van der Waals surface area contributed by atoms with E-state index in [-0.39, 0.29) is 102 Å². The summed E-state index contributed by atoms with van der Waals surface area (Å²) in [6, 6.07) is 0. The van der Waals surface area contributed by atoms with Crippen LogP contribution in [0.15, 0.2) is 0 Å². The van der Waals surface area contributed by atoms with Crippen LogP contribution in [0.3, 0.4) is 0 Å². The Hall–Kier alpha value is 2.88. The first-order valence-electron chi connectivity index (χ1n) is 6.00. The van der Waals surface area contributed by atoms with Crippen LogP contribution in [0.5, 0.6) is 0 Å². The summed E-state index contributed by atoms with van der Waals surface area (Å²) in [4.78, 5) is 0. The molecule has 0 amide bonds. The molecular formula is C12H30Br6. The van der Waals surface area contributed by atoms with Gasteiger partial charge in [-0.3, -0.25) is 0 Å².